The quantitative estimate of drug-likeness (QED) is 0.683. The molecule has 0 atom stereocenters. The van der Waals surface area contributed by atoms with Crippen LogP contribution < -0.4 is 0 Å². The molecule has 2 aromatic carbocycles. The Labute approximate surface area is 165 Å². The first-order chi connectivity index (χ1) is 13.1. The Balaban J connectivity index is 1.47. The molecule has 27 heavy (non-hydrogen) atoms. The molecule has 138 valence electrons. The van der Waals surface area contributed by atoms with E-state index in [1.54, 1.807) is 12.4 Å². The summed E-state index contributed by atoms with van der Waals surface area (Å²) in [5, 5.41) is 0. The third kappa shape index (κ3) is 3.60. The van der Waals surface area contributed by atoms with Crippen LogP contribution in [0.25, 0.3) is 11.0 Å². The molecule has 2 amide bonds. The number of rotatable bonds is 2. The van der Waals surface area contributed by atoms with Crippen LogP contribution in [0.15, 0.2) is 53.3 Å². The summed E-state index contributed by atoms with van der Waals surface area (Å²) < 4.78 is 0.792. The lowest BCUT2D eigenvalue weighted by Crippen LogP contribution is -2.37. The van der Waals surface area contributed by atoms with Crippen molar-refractivity contribution in [1.82, 2.24) is 19.8 Å². The van der Waals surface area contributed by atoms with Gasteiger partial charge in [0, 0.05) is 36.2 Å². The van der Waals surface area contributed by atoms with Crippen LogP contribution >= 0.6 is 15.9 Å². The first-order valence-electron chi connectivity index (χ1n) is 8.90. The van der Waals surface area contributed by atoms with E-state index in [1.807, 2.05) is 46.2 Å². The molecule has 0 unspecified atom stereocenters. The molecule has 1 N–H and O–H groups in total. The summed E-state index contributed by atoms with van der Waals surface area (Å²) in [6.45, 7) is 2.33. The van der Waals surface area contributed by atoms with Crippen molar-refractivity contribution >= 4 is 38.8 Å². The second-order valence-corrected chi connectivity index (χ2v) is 7.41. The van der Waals surface area contributed by atoms with E-state index in [0.717, 1.165) is 21.9 Å². The number of carbonyl (C=O) groups is 2. The zero-order valence-corrected chi connectivity index (χ0v) is 16.3. The fraction of sp³-hybridized carbons (Fsp3) is 0.250. The maximum Gasteiger partial charge on any atom is 0.255 e. The van der Waals surface area contributed by atoms with Crippen LogP contribution in [0.4, 0.5) is 0 Å². The van der Waals surface area contributed by atoms with Crippen molar-refractivity contribution in [1.29, 1.82) is 0 Å². The number of hydrogen-bond acceptors (Lipinski definition) is 3. The third-order valence-electron chi connectivity index (χ3n) is 4.84. The van der Waals surface area contributed by atoms with Crippen LogP contribution in [0.3, 0.4) is 0 Å². The Morgan fingerprint density at radius 2 is 1.70 bits per heavy atom. The minimum Gasteiger partial charge on any atom is -0.345 e. The fourth-order valence-electron chi connectivity index (χ4n) is 3.38. The lowest BCUT2D eigenvalue weighted by atomic mass is 10.1. The molecule has 2 heterocycles. The number of aromatic nitrogens is 2. The van der Waals surface area contributed by atoms with Gasteiger partial charge in [0.1, 0.15) is 0 Å². The standard InChI is InChI=1S/C20H19BrN4O2/c21-16-5-2-1-4-15(16)20(27)25-9-3-8-24(10-11-25)19(26)14-6-7-17-18(12-14)23-13-22-17/h1-2,4-7,12-13H,3,8-11H2,(H,22,23). The third-order valence-corrected chi connectivity index (χ3v) is 5.53. The van der Waals surface area contributed by atoms with Crippen molar-refractivity contribution in [3.8, 4) is 0 Å². The van der Waals surface area contributed by atoms with E-state index in [1.165, 1.54) is 0 Å². The van der Waals surface area contributed by atoms with E-state index in [-0.39, 0.29) is 11.8 Å². The smallest absolute Gasteiger partial charge is 0.255 e. The molecule has 6 nitrogen and oxygen atoms in total. The molecule has 1 fully saturated rings. The molecule has 1 aromatic heterocycles. The average Bonchev–Trinajstić information content (AvgIpc) is 3.02. The molecule has 0 saturated carbocycles. The summed E-state index contributed by atoms with van der Waals surface area (Å²) in [5.41, 5.74) is 2.98. The van der Waals surface area contributed by atoms with Gasteiger partial charge in [-0.3, -0.25) is 9.59 Å². The number of hydrogen-bond donors (Lipinski definition) is 1. The summed E-state index contributed by atoms with van der Waals surface area (Å²) in [7, 11) is 0. The van der Waals surface area contributed by atoms with Gasteiger partial charge in [-0.1, -0.05) is 12.1 Å². The summed E-state index contributed by atoms with van der Waals surface area (Å²) in [5.74, 6) is -0.0163. The number of amides is 2. The van der Waals surface area contributed by atoms with Gasteiger partial charge in [0.25, 0.3) is 11.8 Å². The minimum absolute atomic E-state index is 0.00402. The summed E-state index contributed by atoms with van der Waals surface area (Å²) in [6.07, 6.45) is 2.38. The highest BCUT2D eigenvalue weighted by molar-refractivity contribution is 9.10. The number of aromatic amines is 1. The van der Waals surface area contributed by atoms with Crippen molar-refractivity contribution < 1.29 is 9.59 Å². The molecule has 1 aliphatic rings. The molecular formula is C20H19BrN4O2. The van der Waals surface area contributed by atoms with Gasteiger partial charge in [-0.25, -0.2) is 4.98 Å². The van der Waals surface area contributed by atoms with Crippen LogP contribution in [0.5, 0.6) is 0 Å². The molecule has 3 aromatic rings. The van der Waals surface area contributed by atoms with E-state index in [2.05, 4.69) is 25.9 Å². The van der Waals surface area contributed by atoms with Crippen molar-refractivity contribution in [2.45, 2.75) is 6.42 Å². The molecule has 7 heteroatoms. The van der Waals surface area contributed by atoms with E-state index in [0.29, 0.717) is 37.3 Å². The Bertz CT molecular complexity index is 1000. The van der Waals surface area contributed by atoms with Gasteiger partial charge in [0.05, 0.1) is 22.9 Å². The zero-order chi connectivity index (χ0) is 18.8. The van der Waals surface area contributed by atoms with Crippen LogP contribution in [0.1, 0.15) is 27.1 Å². The van der Waals surface area contributed by atoms with E-state index in [9.17, 15) is 9.59 Å². The fourth-order valence-corrected chi connectivity index (χ4v) is 3.83. The first-order valence-corrected chi connectivity index (χ1v) is 9.69. The number of benzene rings is 2. The average molecular weight is 427 g/mol. The van der Waals surface area contributed by atoms with Crippen molar-refractivity contribution in [3.63, 3.8) is 0 Å². The maximum absolute atomic E-state index is 12.9. The summed E-state index contributed by atoms with van der Waals surface area (Å²) >= 11 is 3.44. The van der Waals surface area contributed by atoms with Gasteiger partial charge in [-0.15, -0.1) is 0 Å². The van der Waals surface area contributed by atoms with Gasteiger partial charge in [0.2, 0.25) is 0 Å². The van der Waals surface area contributed by atoms with Crippen LogP contribution in [-0.2, 0) is 0 Å². The molecule has 1 saturated heterocycles. The molecule has 1 aliphatic heterocycles. The normalized spacial score (nSPS) is 15.0. The number of nitrogens with one attached hydrogen (secondary N) is 1. The largest absolute Gasteiger partial charge is 0.345 e. The van der Waals surface area contributed by atoms with Crippen molar-refractivity contribution in [2.24, 2.45) is 0 Å². The lowest BCUT2D eigenvalue weighted by molar-refractivity contribution is 0.0718. The summed E-state index contributed by atoms with van der Waals surface area (Å²) in [6, 6.07) is 12.9. The molecule has 0 bridgehead atoms. The number of fused-ring (bicyclic) bond motifs is 1. The monoisotopic (exact) mass is 426 g/mol. The second-order valence-electron chi connectivity index (χ2n) is 6.55. The maximum atomic E-state index is 12.9. The van der Waals surface area contributed by atoms with Gasteiger partial charge in [0.15, 0.2) is 0 Å². The molecular weight excluding hydrogens is 408 g/mol. The topological polar surface area (TPSA) is 69.3 Å². The molecule has 0 aliphatic carbocycles. The minimum atomic E-state index is -0.0123. The molecule has 4 rings (SSSR count). The Kier molecular flexibility index (Phi) is 4.94. The number of imidazole rings is 1. The second kappa shape index (κ2) is 7.52. The predicted molar refractivity (Wildman–Crippen MR) is 107 cm³/mol. The Morgan fingerprint density at radius 3 is 2.48 bits per heavy atom. The number of carbonyl (C=O) groups excluding carboxylic acids is 2. The number of H-pyrrole nitrogens is 1. The van der Waals surface area contributed by atoms with Crippen LogP contribution in [0, 0.1) is 0 Å². The SMILES string of the molecule is O=C(c1ccc2nc[nH]c2c1)N1CCCN(C(=O)c2ccccc2Br)CC1. The van der Waals surface area contributed by atoms with Crippen molar-refractivity contribution in [2.75, 3.05) is 26.2 Å². The van der Waals surface area contributed by atoms with Crippen LogP contribution in [-0.4, -0.2) is 57.8 Å². The van der Waals surface area contributed by atoms with Crippen LogP contribution in [0.2, 0.25) is 0 Å². The van der Waals surface area contributed by atoms with E-state index >= 15 is 0 Å². The number of halogens is 1. The van der Waals surface area contributed by atoms with E-state index < -0.39 is 0 Å². The molecule has 0 spiro atoms. The van der Waals surface area contributed by atoms with E-state index in [4.69, 9.17) is 0 Å². The zero-order valence-electron chi connectivity index (χ0n) is 14.7. The highest BCUT2D eigenvalue weighted by atomic mass is 79.9. The summed E-state index contributed by atoms with van der Waals surface area (Å²) in [4.78, 5) is 36.6. The van der Waals surface area contributed by atoms with Crippen molar-refractivity contribution in [3.05, 3.63) is 64.4 Å². The highest BCUT2D eigenvalue weighted by Gasteiger charge is 2.24. The first kappa shape index (κ1) is 17.7. The van der Waals surface area contributed by atoms with Gasteiger partial charge < -0.3 is 14.8 Å². The Morgan fingerprint density at radius 1 is 0.963 bits per heavy atom. The highest BCUT2D eigenvalue weighted by Crippen LogP contribution is 2.20. The van der Waals surface area contributed by atoms with Gasteiger partial charge in [-0.05, 0) is 52.7 Å². The number of nitrogens with zero attached hydrogens (tertiary/aromatic N) is 3. The van der Waals surface area contributed by atoms with Gasteiger partial charge in [-0.2, -0.15) is 0 Å². The molecule has 0 radical (unpaired) electrons. The Hall–Kier alpha value is -2.67. The predicted octanol–water partition coefficient (Wildman–Crippen LogP) is 3.31. The van der Waals surface area contributed by atoms with Gasteiger partial charge >= 0.3 is 0 Å². The lowest BCUT2D eigenvalue weighted by Gasteiger charge is -2.22.